The van der Waals surface area contributed by atoms with Gasteiger partial charge in [0, 0.05) is 10.9 Å². The van der Waals surface area contributed by atoms with E-state index in [1.807, 2.05) is 11.3 Å². The number of thiophene rings is 1. The largest absolute Gasteiger partial charge is 0.312 e. The Morgan fingerprint density at radius 3 is 2.86 bits per heavy atom. The average molecular weight is 209 g/mol. The van der Waals surface area contributed by atoms with Gasteiger partial charge in [0.15, 0.2) is 0 Å². The fourth-order valence-corrected chi connectivity index (χ4v) is 3.47. The van der Waals surface area contributed by atoms with Gasteiger partial charge in [0.2, 0.25) is 0 Å². The maximum Gasteiger partial charge on any atom is 0.0443 e. The first kappa shape index (κ1) is 10.2. The van der Waals surface area contributed by atoms with Crippen LogP contribution in [0.3, 0.4) is 0 Å². The molecule has 1 N–H and O–H groups in total. The molecule has 0 amide bonds. The third-order valence-electron chi connectivity index (χ3n) is 3.38. The Labute approximate surface area is 90.5 Å². The molecule has 2 rings (SSSR count). The molecule has 0 aliphatic heterocycles. The van der Waals surface area contributed by atoms with Crippen molar-refractivity contribution >= 4 is 11.3 Å². The van der Waals surface area contributed by atoms with Crippen LogP contribution in [0.25, 0.3) is 0 Å². The van der Waals surface area contributed by atoms with Gasteiger partial charge in [-0.05, 0) is 49.2 Å². The van der Waals surface area contributed by atoms with E-state index in [4.69, 9.17) is 0 Å². The van der Waals surface area contributed by atoms with E-state index >= 15 is 0 Å². The molecular formula is C12H19NS. The van der Waals surface area contributed by atoms with Gasteiger partial charge in [-0.3, -0.25) is 0 Å². The zero-order valence-electron chi connectivity index (χ0n) is 9.05. The second-order valence-corrected chi connectivity index (χ2v) is 5.07. The fraction of sp³-hybridized carbons (Fsp3) is 0.667. The minimum atomic E-state index is 0.624. The predicted molar refractivity (Wildman–Crippen MR) is 62.8 cm³/mol. The third kappa shape index (κ3) is 1.73. The molecule has 0 bridgehead atoms. The summed E-state index contributed by atoms with van der Waals surface area (Å²) in [6.07, 6.45) is 5.42. The van der Waals surface area contributed by atoms with Crippen molar-refractivity contribution < 1.29 is 0 Å². The summed E-state index contributed by atoms with van der Waals surface area (Å²) in [5.74, 6) is 0.893. The maximum atomic E-state index is 3.49. The Morgan fingerprint density at radius 2 is 2.36 bits per heavy atom. The quantitative estimate of drug-likeness (QED) is 0.801. The summed E-state index contributed by atoms with van der Waals surface area (Å²) in [7, 11) is 2.10. The Balaban J connectivity index is 2.17. The first-order chi connectivity index (χ1) is 6.86. The molecule has 0 spiro atoms. The highest BCUT2D eigenvalue weighted by Crippen LogP contribution is 2.40. The molecule has 1 atom stereocenters. The van der Waals surface area contributed by atoms with Crippen molar-refractivity contribution in [2.24, 2.45) is 5.92 Å². The van der Waals surface area contributed by atoms with Crippen LogP contribution in [0.15, 0.2) is 11.4 Å². The van der Waals surface area contributed by atoms with Gasteiger partial charge < -0.3 is 5.32 Å². The highest BCUT2D eigenvalue weighted by molar-refractivity contribution is 7.10. The summed E-state index contributed by atoms with van der Waals surface area (Å²) >= 11 is 1.92. The lowest BCUT2D eigenvalue weighted by Gasteiger charge is -2.33. The molecule has 1 saturated carbocycles. The number of aryl methyl sites for hydroxylation is 1. The monoisotopic (exact) mass is 209 g/mol. The van der Waals surface area contributed by atoms with E-state index in [2.05, 4.69) is 30.7 Å². The summed E-state index contributed by atoms with van der Waals surface area (Å²) < 4.78 is 0. The lowest BCUT2D eigenvalue weighted by Crippen LogP contribution is -2.29. The van der Waals surface area contributed by atoms with Crippen molar-refractivity contribution in [1.29, 1.82) is 0 Å². The van der Waals surface area contributed by atoms with Gasteiger partial charge in [0.1, 0.15) is 0 Å². The van der Waals surface area contributed by atoms with Crippen molar-refractivity contribution in [3.8, 4) is 0 Å². The van der Waals surface area contributed by atoms with Gasteiger partial charge in [-0.15, -0.1) is 11.3 Å². The summed E-state index contributed by atoms with van der Waals surface area (Å²) in [5, 5.41) is 5.72. The second-order valence-electron chi connectivity index (χ2n) is 4.12. The molecule has 1 aliphatic carbocycles. The normalized spacial score (nSPS) is 19.3. The molecule has 2 heteroatoms. The lowest BCUT2D eigenvalue weighted by molar-refractivity contribution is 0.241. The van der Waals surface area contributed by atoms with Crippen LogP contribution in [0.2, 0.25) is 0 Å². The van der Waals surface area contributed by atoms with E-state index < -0.39 is 0 Å². The van der Waals surface area contributed by atoms with E-state index in [-0.39, 0.29) is 0 Å². The standard InChI is InChI=1S/C12H19NS/c1-3-9-7-8-14-12(9)11(13-2)10-5-4-6-10/h7-8,10-11,13H,3-6H2,1-2H3. The molecular weight excluding hydrogens is 190 g/mol. The number of rotatable bonds is 4. The van der Waals surface area contributed by atoms with E-state index in [0.717, 1.165) is 5.92 Å². The zero-order chi connectivity index (χ0) is 9.97. The van der Waals surface area contributed by atoms with Crippen LogP contribution in [0.4, 0.5) is 0 Å². The van der Waals surface area contributed by atoms with Gasteiger partial charge in [-0.2, -0.15) is 0 Å². The zero-order valence-corrected chi connectivity index (χ0v) is 9.86. The highest BCUT2D eigenvalue weighted by atomic mass is 32.1. The van der Waals surface area contributed by atoms with Crippen LogP contribution in [0.5, 0.6) is 0 Å². The van der Waals surface area contributed by atoms with Crippen LogP contribution < -0.4 is 5.32 Å². The van der Waals surface area contributed by atoms with Gasteiger partial charge in [-0.25, -0.2) is 0 Å². The SMILES string of the molecule is CCc1ccsc1C(NC)C1CCC1. The second kappa shape index (κ2) is 4.45. The van der Waals surface area contributed by atoms with Crippen molar-refractivity contribution in [1.82, 2.24) is 5.32 Å². The molecule has 78 valence electrons. The summed E-state index contributed by atoms with van der Waals surface area (Å²) in [5.41, 5.74) is 1.54. The molecule has 1 aromatic rings. The van der Waals surface area contributed by atoms with Gasteiger partial charge in [-0.1, -0.05) is 13.3 Å². The van der Waals surface area contributed by atoms with Gasteiger partial charge in [0.05, 0.1) is 0 Å². The number of nitrogens with one attached hydrogen (secondary N) is 1. The molecule has 0 radical (unpaired) electrons. The van der Waals surface area contributed by atoms with Crippen LogP contribution in [-0.2, 0) is 6.42 Å². The summed E-state index contributed by atoms with van der Waals surface area (Å²) in [6.45, 7) is 2.25. The molecule has 1 aliphatic rings. The molecule has 0 aromatic carbocycles. The molecule has 1 aromatic heterocycles. The minimum absolute atomic E-state index is 0.624. The Kier molecular flexibility index (Phi) is 3.24. The van der Waals surface area contributed by atoms with Crippen LogP contribution in [0.1, 0.15) is 42.7 Å². The van der Waals surface area contributed by atoms with E-state index in [0.29, 0.717) is 6.04 Å². The number of hydrogen-bond donors (Lipinski definition) is 1. The van der Waals surface area contributed by atoms with Gasteiger partial charge in [0.25, 0.3) is 0 Å². The molecule has 1 nitrogen and oxygen atoms in total. The molecule has 1 heterocycles. The first-order valence-electron chi connectivity index (χ1n) is 5.60. The Bertz CT molecular complexity index is 288. The van der Waals surface area contributed by atoms with Crippen LogP contribution in [-0.4, -0.2) is 7.05 Å². The summed E-state index contributed by atoms with van der Waals surface area (Å²) in [4.78, 5) is 1.58. The highest BCUT2D eigenvalue weighted by Gasteiger charge is 2.29. The van der Waals surface area contributed by atoms with Crippen molar-refractivity contribution in [2.45, 2.75) is 38.6 Å². The molecule has 1 fully saturated rings. The van der Waals surface area contributed by atoms with Crippen molar-refractivity contribution in [3.05, 3.63) is 21.9 Å². The van der Waals surface area contributed by atoms with E-state index in [1.54, 1.807) is 10.4 Å². The van der Waals surface area contributed by atoms with Crippen molar-refractivity contribution in [3.63, 3.8) is 0 Å². The minimum Gasteiger partial charge on any atom is -0.312 e. The predicted octanol–water partition coefficient (Wildman–Crippen LogP) is 3.37. The molecule has 1 unspecified atom stereocenters. The maximum absolute atomic E-state index is 3.49. The van der Waals surface area contributed by atoms with Crippen LogP contribution in [0, 0.1) is 5.92 Å². The van der Waals surface area contributed by atoms with Crippen molar-refractivity contribution in [2.75, 3.05) is 7.05 Å². The smallest absolute Gasteiger partial charge is 0.0443 e. The lowest BCUT2D eigenvalue weighted by atomic mass is 9.78. The fourth-order valence-electron chi connectivity index (χ4n) is 2.27. The van der Waals surface area contributed by atoms with Crippen LogP contribution >= 0.6 is 11.3 Å². The average Bonchev–Trinajstić information content (AvgIpc) is 2.58. The Hall–Kier alpha value is -0.340. The third-order valence-corrected chi connectivity index (χ3v) is 4.42. The number of hydrogen-bond acceptors (Lipinski definition) is 2. The molecule has 0 saturated heterocycles. The first-order valence-corrected chi connectivity index (χ1v) is 6.48. The summed E-state index contributed by atoms with van der Waals surface area (Å²) in [6, 6.07) is 2.90. The van der Waals surface area contributed by atoms with Gasteiger partial charge >= 0.3 is 0 Å². The van der Waals surface area contributed by atoms with E-state index in [9.17, 15) is 0 Å². The topological polar surface area (TPSA) is 12.0 Å². The van der Waals surface area contributed by atoms with E-state index in [1.165, 1.54) is 25.7 Å². The molecule has 14 heavy (non-hydrogen) atoms. The Morgan fingerprint density at radius 1 is 1.57 bits per heavy atom.